The number of H-pyrrole nitrogens is 1. The van der Waals surface area contributed by atoms with Crippen LogP contribution in [0, 0.1) is 18.8 Å². The van der Waals surface area contributed by atoms with Crippen LogP contribution < -0.4 is 5.56 Å². The van der Waals surface area contributed by atoms with Gasteiger partial charge >= 0.3 is 0 Å². The molecule has 1 N–H and O–H groups in total. The van der Waals surface area contributed by atoms with Gasteiger partial charge in [-0.1, -0.05) is 12.0 Å². The molecule has 0 saturated heterocycles. The Morgan fingerprint density at radius 3 is 2.80 bits per heavy atom. The van der Waals surface area contributed by atoms with Gasteiger partial charge in [0, 0.05) is 17.1 Å². The number of benzene rings is 1. The van der Waals surface area contributed by atoms with Gasteiger partial charge in [-0.25, -0.2) is 0 Å². The van der Waals surface area contributed by atoms with E-state index in [1.165, 1.54) is 0 Å². The van der Waals surface area contributed by atoms with Gasteiger partial charge < -0.3 is 4.98 Å². The highest BCUT2D eigenvalue weighted by atomic mass is 16.1. The van der Waals surface area contributed by atoms with Gasteiger partial charge in [-0.15, -0.1) is 5.92 Å². The first-order valence-corrected chi connectivity index (χ1v) is 4.77. The summed E-state index contributed by atoms with van der Waals surface area (Å²) < 4.78 is 0. The molecule has 0 bridgehead atoms. The van der Waals surface area contributed by atoms with Crippen molar-refractivity contribution < 1.29 is 0 Å². The third-order valence-corrected chi connectivity index (χ3v) is 2.38. The Morgan fingerprint density at radius 2 is 2.07 bits per heavy atom. The monoisotopic (exact) mass is 197 g/mol. The van der Waals surface area contributed by atoms with Crippen LogP contribution in [-0.2, 0) is 0 Å². The van der Waals surface area contributed by atoms with Gasteiger partial charge in [-0.2, -0.15) is 0 Å². The fourth-order valence-electron chi connectivity index (χ4n) is 1.63. The maximum absolute atomic E-state index is 11.6. The third kappa shape index (κ3) is 1.64. The SMILES string of the molecule is CC#Cc1ccc2c(C)c[nH]c(=O)c2c1. The Morgan fingerprint density at radius 1 is 1.27 bits per heavy atom. The van der Waals surface area contributed by atoms with Gasteiger partial charge in [0.2, 0.25) is 0 Å². The Hall–Kier alpha value is -2.01. The maximum atomic E-state index is 11.6. The number of hydrogen-bond donors (Lipinski definition) is 1. The summed E-state index contributed by atoms with van der Waals surface area (Å²) >= 11 is 0. The van der Waals surface area contributed by atoms with Crippen LogP contribution in [-0.4, -0.2) is 4.98 Å². The summed E-state index contributed by atoms with van der Waals surface area (Å²) in [7, 11) is 0. The Labute approximate surface area is 88.0 Å². The van der Waals surface area contributed by atoms with Gasteiger partial charge in [0.05, 0.1) is 0 Å². The van der Waals surface area contributed by atoms with E-state index in [9.17, 15) is 4.79 Å². The molecule has 1 heterocycles. The predicted molar refractivity (Wildman–Crippen MR) is 61.9 cm³/mol. The minimum atomic E-state index is -0.0599. The third-order valence-electron chi connectivity index (χ3n) is 2.38. The van der Waals surface area contributed by atoms with Crippen molar-refractivity contribution in [2.75, 3.05) is 0 Å². The van der Waals surface area contributed by atoms with Crippen LogP contribution >= 0.6 is 0 Å². The predicted octanol–water partition coefficient (Wildman–Crippen LogP) is 2.21. The van der Waals surface area contributed by atoms with E-state index in [-0.39, 0.29) is 5.56 Å². The number of aromatic amines is 1. The van der Waals surface area contributed by atoms with E-state index in [4.69, 9.17) is 0 Å². The lowest BCUT2D eigenvalue weighted by molar-refractivity contribution is 1.24. The fourth-order valence-corrected chi connectivity index (χ4v) is 1.63. The van der Waals surface area contributed by atoms with Gasteiger partial charge in [0.25, 0.3) is 5.56 Å². The Bertz CT molecular complexity index is 626. The van der Waals surface area contributed by atoms with Gasteiger partial charge in [0.15, 0.2) is 0 Å². The van der Waals surface area contributed by atoms with E-state index in [1.807, 2.05) is 25.1 Å². The number of pyridine rings is 1. The van der Waals surface area contributed by atoms with Gasteiger partial charge in [-0.05, 0) is 36.9 Å². The van der Waals surface area contributed by atoms with E-state index in [0.29, 0.717) is 5.39 Å². The maximum Gasteiger partial charge on any atom is 0.255 e. The summed E-state index contributed by atoms with van der Waals surface area (Å²) in [5.74, 6) is 5.76. The van der Waals surface area contributed by atoms with Crippen LogP contribution in [0.1, 0.15) is 18.1 Å². The molecule has 2 rings (SSSR count). The summed E-state index contributed by atoms with van der Waals surface area (Å²) in [6, 6.07) is 5.71. The Kier molecular flexibility index (Phi) is 2.31. The molecule has 0 spiro atoms. The molecule has 1 aromatic carbocycles. The first-order valence-electron chi connectivity index (χ1n) is 4.77. The first kappa shape index (κ1) is 9.54. The lowest BCUT2D eigenvalue weighted by Crippen LogP contribution is -2.06. The van der Waals surface area contributed by atoms with Crippen LogP contribution in [0.15, 0.2) is 29.2 Å². The molecule has 0 aliphatic carbocycles. The fraction of sp³-hybridized carbons (Fsp3) is 0.154. The molecule has 0 saturated carbocycles. The highest BCUT2D eigenvalue weighted by Gasteiger charge is 2.01. The van der Waals surface area contributed by atoms with Crippen molar-refractivity contribution in [2.24, 2.45) is 0 Å². The van der Waals surface area contributed by atoms with E-state index in [2.05, 4.69) is 16.8 Å². The van der Waals surface area contributed by atoms with Crippen LogP contribution in [0.3, 0.4) is 0 Å². The average Bonchev–Trinajstić information content (AvgIpc) is 2.24. The number of aromatic nitrogens is 1. The molecule has 1 aromatic heterocycles. The normalized spacial score (nSPS) is 9.73. The highest BCUT2D eigenvalue weighted by molar-refractivity contribution is 5.85. The van der Waals surface area contributed by atoms with Crippen molar-refractivity contribution in [1.82, 2.24) is 4.98 Å². The molecule has 0 atom stereocenters. The zero-order valence-corrected chi connectivity index (χ0v) is 8.72. The standard InChI is InChI=1S/C13H11NO/c1-3-4-10-5-6-11-9(2)8-14-13(15)12(11)7-10/h5-8H,1-2H3,(H,14,15). The number of nitrogens with one attached hydrogen (secondary N) is 1. The van der Waals surface area contributed by atoms with Crippen LogP contribution in [0.5, 0.6) is 0 Å². The zero-order valence-electron chi connectivity index (χ0n) is 8.72. The number of hydrogen-bond acceptors (Lipinski definition) is 1. The zero-order chi connectivity index (χ0) is 10.8. The molecule has 2 nitrogen and oxygen atoms in total. The van der Waals surface area contributed by atoms with Gasteiger partial charge in [-0.3, -0.25) is 4.79 Å². The molecule has 0 amide bonds. The smallest absolute Gasteiger partial charge is 0.255 e. The largest absolute Gasteiger partial charge is 0.328 e. The molecule has 0 unspecified atom stereocenters. The molecule has 15 heavy (non-hydrogen) atoms. The molecule has 2 aromatic rings. The second-order valence-electron chi connectivity index (χ2n) is 3.44. The minimum Gasteiger partial charge on any atom is -0.328 e. The number of rotatable bonds is 0. The van der Waals surface area contributed by atoms with Crippen LogP contribution in [0.25, 0.3) is 10.8 Å². The summed E-state index contributed by atoms with van der Waals surface area (Å²) in [5, 5.41) is 1.69. The quantitative estimate of drug-likeness (QED) is 0.645. The Balaban J connectivity index is 2.85. The molecular weight excluding hydrogens is 186 g/mol. The summed E-state index contributed by atoms with van der Waals surface area (Å²) in [4.78, 5) is 14.3. The number of aryl methyl sites for hydroxylation is 1. The second-order valence-corrected chi connectivity index (χ2v) is 3.44. The second kappa shape index (κ2) is 3.62. The molecule has 0 aliphatic heterocycles. The van der Waals surface area contributed by atoms with Crippen molar-refractivity contribution in [1.29, 1.82) is 0 Å². The highest BCUT2D eigenvalue weighted by Crippen LogP contribution is 2.14. The topological polar surface area (TPSA) is 32.9 Å². The molecule has 0 radical (unpaired) electrons. The van der Waals surface area contributed by atoms with Crippen molar-refractivity contribution >= 4 is 10.8 Å². The molecule has 74 valence electrons. The molecule has 0 aliphatic rings. The van der Waals surface area contributed by atoms with Crippen LogP contribution in [0.4, 0.5) is 0 Å². The van der Waals surface area contributed by atoms with Crippen molar-refractivity contribution in [3.63, 3.8) is 0 Å². The summed E-state index contributed by atoms with van der Waals surface area (Å²) in [5.41, 5.74) is 1.89. The van der Waals surface area contributed by atoms with Crippen molar-refractivity contribution in [3.8, 4) is 11.8 Å². The van der Waals surface area contributed by atoms with E-state index < -0.39 is 0 Å². The van der Waals surface area contributed by atoms with Crippen molar-refractivity contribution in [3.05, 3.63) is 45.9 Å². The summed E-state index contributed by atoms with van der Waals surface area (Å²) in [6.45, 7) is 3.76. The molecule has 0 fully saturated rings. The lowest BCUT2D eigenvalue weighted by Gasteiger charge is -2.00. The first-order chi connectivity index (χ1) is 7.22. The number of fused-ring (bicyclic) bond motifs is 1. The van der Waals surface area contributed by atoms with Crippen molar-refractivity contribution in [2.45, 2.75) is 13.8 Å². The summed E-state index contributed by atoms with van der Waals surface area (Å²) in [6.07, 6.45) is 1.73. The molecular formula is C13H11NO. The minimum absolute atomic E-state index is 0.0599. The van der Waals surface area contributed by atoms with Gasteiger partial charge in [0.1, 0.15) is 0 Å². The van der Waals surface area contributed by atoms with Crippen LogP contribution in [0.2, 0.25) is 0 Å². The van der Waals surface area contributed by atoms with E-state index >= 15 is 0 Å². The van der Waals surface area contributed by atoms with E-state index in [0.717, 1.165) is 16.5 Å². The van der Waals surface area contributed by atoms with E-state index in [1.54, 1.807) is 13.1 Å². The average molecular weight is 197 g/mol. The lowest BCUT2D eigenvalue weighted by atomic mass is 10.1. The molecule has 2 heteroatoms.